The van der Waals surface area contributed by atoms with Crippen LogP contribution in [0, 0.1) is 0 Å². The highest BCUT2D eigenvalue weighted by atomic mass is 32.2. The molecule has 0 saturated heterocycles. The number of carbonyl (C=O) groups is 1. The van der Waals surface area contributed by atoms with Gasteiger partial charge >= 0.3 is 5.97 Å². The molecule has 3 aromatic rings. The Bertz CT molecular complexity index is 1090. The molecule has 152 valence electrons. The van der Waals surface area contributed by atoms with E-state index in [0.717, 1.165) is 29.7 Å². The molecule has 0 spiro atoms. The molecule has 0 fully saturated rings. The van der Waals surface area contributed by atoms with E-state index in [2.05, 4.69) is 21.6 Å². The summed E-state index contributed by atoms with van der Waals surface area (Å²) in [5.41, 5.74) is 2.56. The van der Waals surface area contributed by atoms with Crippen LogP contribution in [0.5, 0.6) is 5.75 Å². The SMILES string of the molecule is COC(=O)c1sccc1S(=O)(=O)Nc1ccc(CCc2ccccc2)cc1OC. The molecule has 0 aliphatic heterocycles. The number of sulfonamides is 1. The summed E-state index contributed by atoms with van der Waals surface area (Å²) in [6.45, 7) is 0. The summed E-state index contributed by atoms with van der Waals surface area (Å²) in [6, 6.07) is 16.8. The van der Waals surface area contributed by atoms with Crippen LogP contribution in [0.4, 0.5) is 5.69 Å². The van der Waals surface area contributed by atoms with E-state index in [1.54, 1.807) is 6.07 Å². The van der Waals surface area contributed by atoms with Gasteiger partial charge in [-0.25, -0.2) is 13.2 Å². The van der Waals surface area contributed by atoms with Crippen molar-refractivity contribution in [3.63, 3.8) is 0 Å². The highest BCUT2D eigenvalue weighted by molar-refractivity contribution is 7.93. The summed E-state index contributed by atoms with van der Waals surface area (Å²) in [5, 5.41) is 1.53. The van der Waals surface area contributed by atoms with Crippen molar-refractivity contribution < 1.29 is 22.7 Å². The third-order valence-corrected chi connectivity index (χ3v) is 6.78. The maximum absolute atomic E-state index is 12.8. The third kappa shape index (κ3) is 4.96. The lowest BCUT2D eigenvalue weighted by atomic mass is 10.0. The van der Waals surface area contributed by atoms with Crippen LogP contribution < -0.4 is 9.46 Å². The smallest absolute Gasteiger partial charge is 0.349 e. The van der Waals surface area contributed by atoms with E-state index in [-0.39, 0.29) is 9.77 Å². The fraction of sp³-hybridized carbons (Fsp3) is 0.190. The maximum atomic E-state index is 12.8. The van der Waals surface area contributed by atoms with Crippen LogP contribution in [-0.2, 0) is 27.6 Å². The molecule has 0 amide bonds. The minimum atomic E-state index is -3.98. The number of esters is 1. The lowest BCUT2D eigenvalue weighted by molar-refractivity contribution is 0.0602. The van der Waals surface area contributed by atoms with Gasteiger partial charge in [-0.05, 0) is 47.5 Å². The second-order valence-corrected chi connectivity index (χ2v) is 8.80. The topological polar surface area (TPSA) is 81.7 Å². The summed E-state index contributed by atoms with van der Waals surface area (Å²) in [6.07, 6.45) is 1.66. The van der Waals surface area contributed by atoms with Gasteiger partial charge in [0.15, 0.2) is 0 Å². The molecule has 1 heterocycles. The standard InChI is InChI=1S/C21H21NO5S2/c1-26-18-14-16(9-8-15-6-4-3-5-7-15)10-11-17(18)22-29(24,25)19-12-13-28-20(19)21(23)27-2/h3-7,10-14,22H,8-9H2,1-2H3. The van der Waals surface area contributed by atoms with Crippen LogP contribution in [0.15, 0.2) is 64.9 Å². The van der Waals surface area contributed by atoms with Gasteiger partial charge in [0.25, 0.3) is 10.0 Å². The molecule has 0 unspecified atom stereocenters. The Morgan fingerprint density at radius 2 is 1.72 bits per heavy atom. The molecule has 0 saturated carbocycles. The van der Waals surface area contributed by atoms with Crippen molar-refractivity contribution in [2.24, 2.45) is 0 Å². The first kappa shape index (κ1) is 20.9. The van der Waals surface area contributed by atoms with E-state index in [1.807, 2.05) is 30.3 Å². The van der Waals surface area contributed by atoms with E-state index < -0.39 is 16.0 Å². The van der Waals surface area contributed by atoms with Gasteiger partial charge in [0.2, 0.25) is 0 Å². The number of nitrogens with one attached hydrogen (secondary N) is 1. The summed E-state index contributed by atoms with van der Waals surface area (Å²) in [7, 11) is -1.28. The Balaban J connectivity index is 1.80. The van der Waals surface area contributed by atoms with Crippen molar-refractivity contribution in [3.8, 4) is 5.75 Å². The number of benzene rings is 2. The monoisotopic (exact) mass is 431 g/mol. The average Bonchev–Trinajstić information content (AvgIpc) is 3.24. The predicted octanol–water partition coefficient (Wildman–Crippen LogP) is 4.13. The van der Waals surface area contributed by atoms with Crippen molar-refractivity contribution in [1.82, 2.24) is 0 Å². The molecule has 0 aliphatic carbocycles. The van der Waals surface area contributed by atoms with E-state index in [0.29, 0.717) is 11.4 Å². The lowest BCUT2D eigenvalue weighted by Gasteiger charge is -2.13. The Hall–Kier alpha value is -2.84. The van der Waals surface area contributed by atoms with Gasteiger partial charge in [-0.3, -0.25) is 4.72 Å². The molecular weight excluding hydrogens is 410 g/mol. The highest BCUT2D eigenvalue weighted by Crippen LogP contribution is 2.30. The third-order valence-electron chi connectivity index (χ3n) is 4.34. The Morgan fingerprint density at radius 3 is 2.41 bits per heavy atom. The molecule has 8 heteroatoms. The van der Waals surface area contributed by atoms with Gasteiger partial charge in [0, 0.05) is 0 Å². The number of hydrogen-bond donors (Lipinski definition) is 1. The van der Waals surface area contributed by atoms with Gasteiger partial charge in [-0.1, -0.05) is 36.4 Å². The van der Waals surface area contributed by atoms with Gasteiger partial charge < -0.3 is 9.47 Å². The molecule has 0 radical (unpaired) electrons. The first-order valence-electron chi connectivity index (χ1n) is 8.84. The van der Waals surface area contributed by atoms with Gasteiger partial charge in [0.05, 0.1) is 19.9 Å². The number of carbonyl (C=O) groups excluding carboxylic acids is 1. The number of ether oxygens (including phenoxy) is 2. The van der Waals surface area contributed by atoms with Crippen molar-refractivity contribution in [1.29, 1.82) is 0 Å². The summed E-state index contributed by atoms with van der Waals surface area (Å²) < 4.78 is 38.1. The van der Waals surface area contributed by atoms with E-state index >= 15 is 0 Å². The molecule has 1 N–H and O–H groups in total. The first-order chi connectivity index (χ1) is 13.9. The van der Waals surface area contributed by atoms with Crippen LogP contribution >= 0.6 is 11.3 Å². The number of methoxy groups -OCH3 is 2. The number of aryl methyl sites for hydroxylation is 2. The molecule has 2 aromatic carbocycles. The van der Waals surface area contributed by atoms with E-state index in [4.69, 9.17) is 4.74 Å². The number of anilines is 1. The normalized spacial score (nSPS) is 11.1. The molecule has 0 bridgehead atoms. The number of hydrogen-bond acceptors (Lipinski definition) is 6. The van der Waals surface area contributed by atoms with Gasteiger partial charge in [0.1, 0.15) is 15.5 Å². The van der Waals surface area contributed by atoms with Crippen LogP contribution in [0.3, 0.4) is 0 Å². The quantitative estimate of drug-likeness (QED) is 0.543. The molecule has 0 aliphatic rings. The zero-order valence-electron chi connectivity index (χ0n) is 16.0. The Kier molecular flexibility index (Phi) is 6.56. The van der Waals surface area contributed by atoms with Crippen molar-refractivity contribution in [3.05, 3.63) is 76.0 Å². The van der Waals surface area contributed by atoms with Crippen LogP contribution in [-0.4, -0.2) is 28.6 Å². The second kappa shape index (κ2) is 9.11. The number of thiophene rings is 1. The minimum Gasteiger partial charge on any atom is -0.495 e. The maximum Gasteiger partial charge on any atom is 0.349 e. The zero-order valence-corrected chi connectivity index (χ0v) is 17.7. The van der Waals surface area contributed by atoms with E-state index in [1.165, 1.54) is 31.2 Å². The Labute approximate surface area is 174 Å². The molecule has 3 rings (SSSR count). The second-order valence-electron chi connectivity index (χ2n) is 6.23. The molecular formula is C21H21NO5S2. The summed E-state index contributed by atoms with van der Waals surface area (Å²) >= 11 is 1.01. The largest absolute Gasteiger partial charge is 0.495 e. The van der Waals surface area contributed by atoms with Gasteiger partial charge in [-0.15, -0.1) is 11.3 Å². The molecule has 1 aromatic heterocycles. The highest BCUT2D eigenvalue weighted by Gasteiger charge is 2.25. The summed E-state index contributed by atoms with van der Waals surface area (Å²) in [4.78, 5) is 11.7. The Morgan fingerprint density at radius 1 is 1.00 bits per heavy atom. The lowest BCUT2D eigenvalue weighted by Crippen LogP contribution is -2.16. The fourth-order valence-corrected chi connectivity index (χ4v) is 5.27. The molecule has 6 nitrogen and oxygen atoms in total. The fourth-order valence-electron chi connectivity index (χ4n) is 2.86. The molecule has 0 atom stereocenters. The van der Waals surface area contributed by atoms with E-state index in [9.17, 15) is 13.2 Å². The molecule has 29 heavy (non-hydrogen) atoms. The minimum absolute atomic E-state index is 0.0263. The predicted molar refractivity (Wildman–Crippen MR) is 113 cm³/mol. The van der Waals surface area contributed by atoms with Crippen molar-refractivity contribution >= 4 is 33.0 Å². The zero-order chi connectivity index (χ0) is 20.9. The van der Waals surface area contributed by atoms with Crippen molar-refractivity contribution in [2.45, 2.75) is 17.7 Å². The summed E-state index contributed by atoms with van der Waals surface area (Å²) in [5.74, 6) is -0.280. The van der Waals surface area contributed by atoms with Crippen LogP contribution in [0.2, 0.25) is 0 Å². The van der Waals surface area contributed by atoms with Crippen LogP contribution in [0.25, 0.3) is 0 Å². The first-order valence-corrected chi connectivity index (χ1v) is 11.2. The van der Waals surface area contributed by atoms with Gasteiger partial charge in [-0.2, -0.15) is 0 Å². The number of rotatable bonds is 8. The average molecular weight is 432 g/mol. The van der Waals surface area contributed by atoms with Crippen molar-refractivity contribution in [2.75, 3.05) is 18.9 Å². The van der Waals surface area contributed by atoms with Crippen LogP contribution in [0.1, 0.15) is 20.8 Å².